The molecule has 0 N–H and O–H groups in total. The molecule has 1 amide bonds. The first-order valence-electron chi connectivity index (χ1n) is 17.2. The van der Waals surface area contributed by atoms with Crippen molar-refractivity contribution in [3.63, 3.8) is 0 Å². The van der Waals surface area contributed by atoms with Gasteiger partial charge in [0.05, 0.1) is 13.2 Å². The maximum atomic E-state index is 14.1. The Morgan fingerprint density at radius 3 is 2.51 bits per heavy atom. The van der Waals surface area contributed by atoms with E-state index < -0.39 is 0 Å². The van der Waals surface area contributed by atoms with Crippen molar-refractivity contribution in [1.29, 1.82) is 0 Å². The summed E-state index contributed by atoms with van der Waals surface area (Å²) in [6, 6.07) is 22.7. The van der Waals surface area contributed by atoms with Gasteiger partial charge in [-0.1, -0.05) is 74.5 Å². The van der Waals surface area contributed by atoms with E-state index in [9.17, 15) is 9.59 Å². The molecule has 47 heavy (non-hydrogen) atoms. The third-order valence-electron chi connectivity index (χ3n) is 10.9. The van der Waals surface area contributed by atoms with E-state index >= 15 is 0 Å². The molecule has 0 aromatic heterocycles. The van der Waals surface area contributed by atoms with Gasteiger partial charge in [-0.05, 0) is 67.7 Å². The van der Waals surface area contributed by atoms with E-state index in [1.807, 2.05) is 42.5 Å². The number of rotatable bonds is 10. The lowest BCUT2D eigenvalue weighted by Crippen LogP contribution is -2.69. The van der Waals surface area contributed by atoms with E-state index in [0.29, 0.717) is 29.9 Å². The van der Waals surface area contributed by atoms with Crippen molar-refractivity contribution in [2.24, 2.45) is 11.8 Å². The maximum absolute atomic E-state index is 14.1. The summed E-state index contributed by atoms with van der Waals surface area (Å²) in [5.74, 6) is 2.27. The van der Waals surface area contributed by atoms with Gasteiger partial charge in [-0.15, -0.1) is 0 Å². The smallest absolute Gasteiger partial charge is 0.308 e. The number of nitrogens with zero attached hydrogens (tertiary/aromatic N) is 2. The van der Waals surface area contributed by atoms with Crippen LogP contribution in [0.4, 0.5) is 0 Å². The van der Waals surface area contributed by atoms with Crippen LogP contribution in [0.1, 0.15) is 62.3 Å². The molecule has 1 saturated heterocycles. The van der Waals surface area contributed by atoms with E-state index in [4.69, 9.17) is 14.2 Å². The molecular formula is C40H46N2O5. The molecule has 2 fully saturated rings. The number of ether oxygens (including phenoxy) is 3. The molecular weight excluding hydrogens is 588 g/mol. The van der Waals surface area contributed by atoms with E-state index in [1.54, 1.807) is 13.2 Å². The number of hydrogen-bond acceptors (Lipinski definition) is 6. The van der Waals surface area contributed by atoms with Crippen LogP contribution in [0.3, 0.4) is 0 Å². The zero-order valence-corrected chi connectivity index (χ0v) is 28.0. The SMILES string of the molecule is COc1cc(OC(C)=O)c2c3c1O[C@H]1[C@H](N(CC(C)C)C(=O)C=Cc4ccccc4)CC[C@H]4[C@@H](C2)N(CCc2ccccc2)CC[C@@]341. The molecule has 7 heteroatoms. The topological polar surface area (TPSA) is 68.3 Å². The summed E-state index contributed by atoms with van der Waals surface area (Å²) in [5, 5.41) is 0. The molecule has 0 unspecified atom stereocenters. The Labute approximate surface area is 278 Å². The fourth-order valence-electron chi connectivity index (χ4n) is 9.16. The van der Waals surface area contributed by atoms with E-state index in [0.717, 1.165) is 67.6 Å². The minimum atomic E-state index is -0.343. The van der Waals surface area contributed by atoms with Crippen LogP contribution in [0.2, 0.25) is 0 Å². The number of methoxy groups -OCH3 is 1. The monoisotopic (exact) mass is 634 g/mol. The fraction of sp³-hybridized carbons (Fsp3) is 0.450. The molecule has 7 nitrogen and oxygen atoms in total. The lowest BCUT2D eigenvalue weighted by molar-refractivity contribution is -0.138. The number of amides is 1. The average Bonchev–Trinajstić information content (AvgIpc) is 3.41. The van der Waals surface area contributed by atoms with Crippen LogP contribution in [0.25, 0.3) is 6.08 Å². The Kier molecular flexibility index (Phi) is 8.60. The Morgan fingerprint density at radius 2 is 1.81 bits per heavy atom. The Balaban J connectivity index is 1.29. The molecule has 3 aromatic carbocycles. The van der Waals surface area contributed by atoms with Gasteiger partial charge in [-0.3, -0.25) is 14.5 Å². The van der Waals surface area contributed by atoms with Gasteiger partial charge in [-0.25, -0.2) is 0 Å². The average molecular weight is 635 g/mol. The minimum absolute atomic E-state index is 0.0161. The standard InChI is InChI=1S/C40H46N2O5/c1-26(2)25-42(36(44)18-15-28-11-7-5-8-12-28)32-17-16-31-33-23-30-34(46-27(3)43)24-35(45-4)38-37(30)40(31,39(32)47-38)20-22-41(33)21-19-29-13-9-6-10-14-29/h5-15,18,24,26,31-33,39H,16-17,19-23,25H2,1-4H3/t31-,32+,33+,39-,40-/m0/s1. The van der Waals surface area contributed by atoms with E-state index in [2.05, 4.69) is 54.0 Å². The van der Waals surface area contributed by atoms with Crippen LogP contribution < -0.4 is 14.2 Å². The quantitative estimate of drug-likeness (QED) is 0.145. The summed E-state index contributed by atoms with van der Waals surface area (Å²) in [7, 11) is 1.65. The van der Waals surface area contributed by atoms with Gasteiger partial charge < -0.3 is 19.1 Å². The molecule has 0 radical (unpaired) electrons. The maximum Gasteiger partial charge on any atom is 0.308 e. The normalized spacial score (nSPS) is 25.7. The van der Waals surface area contributed by atoms with Crippen molar-refractivity contribution in [3.8, 4) is 17.2 Å². The lowest BCUT2D eigenvalue weighted by Gasteiger charge is -2.60. The van der Waals surface area contributed by atoms with Crippen molar-refractivity contribution in [3.05, 3.63) is 95.1 Å². The molecule has 2 aliphatic carbocycles. The molecule has 7 rings (SSSR count). The van der Waals surface area contributed by atoms with E-state index in [1.165, 1.54) is 12.5 Å². The first-order valence-corrected chi connectivity index (χ1v) is 17.2. The Hall–Kier alpha value is -4.10. The van der Waals surface area contributed by atoms with Gasteiger partial charge in [0, 0.05) is 54.7 Å². The second-order valence-electron chi connectivity index (χ2n) is 14.1. The molecule has 1 saturated carbocycles. The highest BCUT2D eigenvalue weighted by Gasteiger charge is 2.67. The van der Waals surface area contributed by atoms with Crippen LogP contribution in [0, 0.1) is 11.8 Å². The third-order valence-corrected chi connectivity index (χ3v) is 10.9. The second-order valence-corrected chi connectivity index (χ2v) is 14.1. The number of hydrogen-bond donors (Lipinski definition) is 0. The zero-order chi connectivity index (χ0) is 32.7. The summed E-state index contributed by atoms with van der Waals surface area (Å²) in [6.07, 6.45) is 8.00. The van der Waals surface area contributed by atoms with Gasteiger partial charge in [-0.2, -0.15) is 0 Å². The number of esters is 1. The molecule has 2 heterocycles. The van der Waals surface area contributed by atoms with Crippen LogP contribution in [-0.2, 0) is 27.8 Å². The highest BCUT2D eigenvalue weighted by Crippen LogP contribution is 2.65. The molecule has 4 aliphatic rings. The Morgan fingerprint density at radius 1 is 1.06 bits per heavy atom. The molecule has 3 aromatic rings. The van der Waals surface area contributed by atoms with Crippen molar-refractivity contribution >= 4 is 18.0 Å². The predicted octanol–water partition coefficient (Wildman–Crippen LogP) is 6.47. The summed E-state index contributed by atoms with van der Waals surface area (Å²) in [4.78, 5) is 31.2. The number of carbonyl (C=O) groups is 2. The van der Waals surface area contributed by atoms with Gasteiger partial charge >= 0.3 is 5.97 Å². The van der Waals surface area contributed by atoms with Gasteiger partial charge in [0.25, 0.3) is 0 Å². The predicted molar refractivity (Wildman–Crippen MR) is 183 cm³/mol. The van der Waals surface area contributed by atoms with Crippen LogP contribution in [-0.4, -0.2) is 66.6 Å². The first-order chi connectivity index (χ1) is 22.8. The molecule has 1 spiro atoms. The van der Waals surface area contributed by atoms with Crippen molar-refractivity contribution in [1.82, 2.24) is 9.80 Å². The van der Waals surface area contributed by atoms with Gasteiger partial charge in [0.15, 0.2) is 11.5 Å². The van der Waals surface area contributed by atoms with Crippen molar-refractivity contribution in [2.45, 2.75) is 76.5 Å². The number of piperidine rings is 1. The highest BCUT2D eigenvalue weighted by molar-refractivity contribution is 5.92. The molecule has 246 valence electrons. The summed E-state index contributed by atoms with van der Waals surface area (Å²) in [5.41, 5.74) is 4.26. The fourth-order valence-corrected chi connectivity index (χ4v) is 9.16. The summed E-state index contributed by atoms with van der Waals surface area (Å²) < 4.78 is 18.9. The molecule has 2 aliphatic heterocycles. The number of likely N-dealkylation sites (tertiary alicyclic amines) is 1. The van der Waals surface area contributed by atoms with Gasteiger partial charge in [0.1, 0.15) is 11.9 Å². The molecule has 2 bridgehead atoms. The van der Waals surface area contributed by atoms with Crippen molar-refractivity contribution < 1.29 is 23.8 Å². The second kappa shape index (κ2) is 12.8. The summed E-state index contributed by atoms with van der Waals surface area (Å²) in [6.45, 7) is 8.37. The zero-order valence-electron chi connectivity index (χ0n) is 28.0. The largest absolute Gasteiger partial charge is 0.493 e. The van der Waals surface area contributed by atoms with E-state index in [-0.39, 0.29) is 35.5 Å². The highest BCUT2D eigenvalue weighted by atomic mass is 16.5. The third kappa shape index (κ3) is 5.62. The van der Waals surface area contributed by atoms with Crippen LogP contribution in [0.15, 0.2) is 72.8 Å². The van der Waals surface area contributed by atoms with Crippen molar-refractivity contribution in [2.75, 3.05) is 26.7 Å². The van der Waals surface area contributed by atoms with Crippen LogP contribution >= 0.6 is 0 Å². The van der Waals surface area contributed by atoms with Crippen LogP contribution in [0.5, 0.6) is 17.2 Å². The first kappa shape index (κ1) is 31.5. The number of carbonyl (C=O) groups excluding carboxylic acids is 2. The minimum Gasteiger partial charge on any atom is -0.493 e. The summed E-state index contributed by atoms with van der Waals surface area (Å²) >= 11 is 0. The Bertz CT molecular complexity index is 1650. The lowest BCUT2D eigenvalue weighted by atomic mass is 9.50. The molecule has 5 atom stereocenters. The number of benzene rings is 3. The van der Waals surface area contributed by atoms with Gasteiger partial charge in [0.2, 0.25) is 5.91 Å².